The fourth-order valence-electron chi connectivity index (χ4n) is 2.40. The van der Waals surface area contributed by atoms with Crippen molar-refractivity contribution < 1.29 is 13.2 Å². The number of hydrogen-bond donors (Lipinski definition) is 2. The fraction of sp³-hybridized carbons (Fsp3) is 0.400. The van der Waals surface area contributed by atoms with Crippen LogP contribution in [0.15, 0.2) is 29.6 Å². The minimum Gasteiger partial charge on any atom is -0.315 e. The third-order valence-corrected chi connectivity index (χ3v) is 4.58. The molecular weight excluding hydrogens is 311 g/mol. The Kier molecular flexibility index (Phi) is 4.46. The number of alkyl halides is 3. The standard InChI is InChI=1S/C15H16F3N3S/c16-15(17,18)11-3-1-10(2-4-11)14-21-13(9-22-14)8-20-12-5-6-19-7-12/h1-4,9,12,19-20H,5-8H2. The summed E-state index contributed by atoms with van der Waals surface area (Å²) < 4.78 is 37.6. The predicted octanol–water partition coefficient (Wildman–Crippen LogP) is 3.28. The van der Waals surface area contributed by atoms with Crippen LogP contribution in [0.1, 0.15) is 17.7 Å². The van der Waals surface area contributed by atoms with Gasteiger partial charge in [0.1, 0.15) is 5.01 Å². The summed E-state index contributed by atoms with van der Waals surface area (Å²) in [4.78, 5) is 4.49. The number of nitrogens with one attached hydrogen (secondary N) is 2. The second-order valence-corrected chi connectivity index (χ2v) is 6.15. The molecule has 2 N–H and O–H groups in total. The number of benzene rings is 1. The number of hydrogen-bond acceptors (Lipinski definition) is 4. The molecule has 0 saturated carbocycles. The van der Waals surface area contributed by atoms with E-state index < -0.39 is 11.7 Å². The van der Waals surface area contributed by atoms with Crippen molar-refractivity contribution in [2.24, 2.45) is 0 Å². The molecule has 1 atom stereocenters. The van der Waals surface area contributed by atoms with E-state index in [9.17, 15) is 13.2 Å². The molecule has 2 aromatic rings. The number of thiazole rings is 1. The van der Waals surface area contributed by atoms with Crippen LogP contribution in [0.3, 0.4) is 0 Å². The van der Waals surface area contributed by atoms with E-state index in [2.05, 4.69) is 15.6 Å². The maximum atomic E-state index is 12.5. The quantitative estimate of drug-likeness (QED) is 0.905. The summed E-state index contributed by atoms with van der Waals surface area (Å²) in [7, 11) is 0. The lowest BCUT2D eigenvalue weighted by Crippen LogP contribution is -2.30. The summed E-state index contributed by atoms with van der Waals surface area (Å²) in [5, 5.41) is 9.40. The average Bonchev–Trinajstić information content (AvgIpc) is 3.16. The lowest BCUT2D eigenvalue weighted by atomic mass is 10.1. The largest absolute Gasteiger partial charge is 0.416 e. The van der Waals surface area contributed by atoms with E-state index in [0.29, 0.717) is 18.2 Å². The van der Waals surface area contributed by atoms with Crippen molar-refractivity contribution in [3.8, 4) is 10.6 Å². The van der Waals surface area contributed by atoms with Crippen LogP contribution >= 0.6 is 11.3 Å². The zero-order valence-corrected chi connectivity index (χ0v) is 12.6. The summed E-state index contributed by atoms with van der Waals surface area (Å²) in [5.41, 5.74) is 1.00. The number of nitrogens with zero attached hydrogens (tertiary/aromatic N) is 1. The van der Waals surface area contributed by atoms with Crippen LogP contribution in [0.2, 0.25) is 0 Å². The van der Waals surface area contributed by atoms with Crippen molar-refractivity contribution in [1.29, 1.82) is 0 Å². The maximum absolute atomic E-state index is 12.5. The van der Waals surface area contributed by atoms with Crippen LogP contribution in [-0.4, -0.2) is 24.1 Å². The molecule has 3 rings (SSSR count). The third-order valence-electron chi connectivity index (χ3n) is 3.64. The van der Waals surface area contributed by atoms with Gasteiger partial charge in [-0.1, -0.05) is 12.1 Å². The molecule has 0 radical (unpaired) electrons. The molecule has 0 spiro atoms. The van der Waals surface area contributed by atoms with Gasteiger partial charge in [0.25, 0.3) is 0 Å². The minimum atomic E-state index is -4.30. The van der Waals surface area contributed by atoms with E-state index in [1.807, 2.05) is 5.38 Å². The summed E-state index contributed by atoms with van der Waals surface area (Å²) in [5.74, 6) is 0. The molecule has 0 bridgehead atoms. The van der Waals surface area contributed by atoms with Crippen molar-refractivity contribution in [3.63, 3.8) is 0 Å². The van der Waals surface area contributed by atoms with E-state index in [1.54, 1.807) is 0 Å². The third kappa shape index (κ3) is 3.66. The maximum Gasteiger partial charge on any atom is 0.416 e. The predicted molar refractivity (Wildman–Crippen MR) is 80.7 cm³/mol. The van der Waals surface area contributed by atoms with Crippen molar-refractivity contribution >= 4 is 11.3 Å². The zero-order chi connectivity index (χ0) is 15.6. The zero-order valence-electron chi connectivity index (χ0n) is 11.8. The number of aromatic nitrogens is 1. The molecule has 1 aliphatic heterocycles. The molecular formula is C15H16F3N3S. The van der Waals surface area contributed by atoms with Gasteiger partial charge < -0.3 is 10.6 Å². The van der Waals surface area contributed by atoms with Gasteiger partial charge >= 0.3 is 6.18 Å². The molecule has 1 unspecified atom stereocenters. The monoisotopic (exact) mass is 327 g/mol. The van der Waals surface area contributed by atoms with Crippen molar-refractivity contribution in [2.75, 3.05) is 13.1 Å². The smallest absolute Gasteiger partial charge is 0.315 e. The highest BCUT2D eigenvalue weighted by atomic mass is 32.1. The summed E-state index contributed by atoms with van der Waals surface area (Å²) in [6.45, 7) is 2.69. The topological polar surface area (TPSA) is 37.0 Å². The van der Waals surface area contributed by atoms with E-state index in [4.69, 9.17) is 0 Å². The average molecular weight is 327 g/mol. The van der Waals surface area contributed by atoms with Gasteiger partial charge in [-0.3, -0.25) is 0 Å². The first-order valence-corrected chi connectivity index (χ1v) is 7.96. The molecule has 22 heavy (non-hydrogen) atoms. The molecule has 1 fully saturated rings. The molecule has 1 aromatic carbocycles. The van der Waals surface area contributed by atoms with E-state index in [-0.39, 0.29) is 0 Å². The molecule has 7 heteroatoms. The summed E-state index contributed by atoms with van der Waals surface area (Å²) >= 11 is 1.45. The van der Waals surface area contributed by atoms with Gasteiger partial charge in [-0.05, 0) is 25.1 Å². The Hall–Kier alpha value is -1.44. The van der Waals surface area contributed by atoms with Gasteiger partial charge in [0.05, 0.1) is 11.3 Å². The van der Waals surface area contributed by atoms with Crippen LogP contribution in [0.4, 0.5) is 13.2 Å². The SMILES string of the molecule is FC(F)(F)c1ccc(-c2nc(CNC3CCNC3)cs2)cc1. The molecule has 1 saturated heterocycles. The van der Waals surface area contributed by atoms with Gasteiger partial charge in [0, 0.05) is 30.1 Å². The number of halogens is 3. The first-order chi connectivity index (χ1) is 10.5. The molecule has 1 aliphatic rings. The Morgan fingerprint density at radius 1 is 1.27 bits per heavy atom. The van der Waals surface area contributed by atoms with Crippen LogP contribution in [-0.2, 0) is 12.7 Å². The Labute approximate surface area is 130 Å². The van der Waals surface area contributed by atoms with E-state index in [0.717, 1.165) is 42.3 Å². The second kappa shape index (κ2) is 6.36. The lowest BCUT2D eigenvalue weighted by Gasteiger charge is -2.09. The molecule has 118 valence electrons. The molecule has 1 aromatic heterocycles. The van der Waals surface area contributed by atoms with Gasteiger partial charge in [-0.25, -0.2) is 4.98 Å². The Morgan fingerprint density at radius 3 is 2.68 bits per heavy atom. The van der Waals surface area contributed by atoms with Gasteiger partial charge in [-0.15, -0.1) is 11.3 Å². The van der Waals surface area contributed by atoms with Crippen molar-refractivity contribution in [3.05, 3.63) is 40.9 Å². The number of rotatable bonds is 4. The Balaban J connectivity index is 1.65. The van der Waals surface area contributed by atoms with Crippen LogP contribution in [0, 0.1) is 0 Å². The second-order valence-electron chi connectivity index (χ2n) is 5.29. The first-order valence-electron chi connectivity index (χ1n) is 7.08. The highest BCUT2D eigenvalue weighted by molar-refractivity contribution is 7.13. The Bertz CT molecular complexity index is 616. The van der Waals surface area contributed by atoms with Crippen molar-refractivity contribution in [1.82, 2.24) is 15.6 Å². The van der Waals surface area contributed by atoms with Gasteiger partial charge in [-0.2, -0.15) is 13.2 Å². The normalized spacial score (nSPS) is 18.8. The minimum absolute atomic E-state index is 0.469. The molecule has 0 aliphatic carbocycles. The van der Waals surface area contributed by atoms with E-state index in [1.165, 1.54) is 23.5 Å². The summed E-state index contributed by atoms with van der Waals surface area (Å²) in [6, 6.07) is 5.60. The molecule has 3 nitrogen and oxygen atoms in total. The summed E-state index contributed by atoms with van der Waals surface area (Å²) in [6.07, 6.45) is -3.19. The van der Waals surface area contributed by atoms with Crippen LogP contribution in [0.5, 0.6) is 0 Å². The van der Waals surface area contributed by atoms with Crippen LogP contribution in [0.25, 0.3) is 10.6 Å². The van der Waals surface area contributed by atoms with Crippen LogP contribution < -0.4 is 10.6 Å². The Morgan fingerprint density at radius 2 is 2.05 bits per heavy atom. The first kappa shape index (κ1) is 15.5. The molecule has 0 amide bonds. The van der Waals surface area contributed by atoms with Crippen molar-refractivity contribution in [2.45, 2.75) is 25.2 Å². The lowest BCUT2D eigenvalue weighted by molar-refractivity contribution is -0.137. The fourth-order valence-corrected chi connectivity index (χ4v) is 3.23. The molecule has 2 heterocycles. The highest BCUT2D eigenvalue weighted by Gasteiger charge is 2.30. The van der Waals surface area contributed by atoms with Gasteiger partial charge in [0.15, 0.2) is 0 Å². The van der Waals surface area contributed by atoms with E-state index >= 15 is 0 Å². The highest BCUT2D eigenvalue weighted by Crippen LogP contribution is 2.31. The van der Waals surface area contributed by atoms with Gasteiger partial charge in [0.2, 0.25) is 0 Å².